The molecule has 1 N–H and O–H groups in total. The Labute approximate surface area is 191 Å². The molecular formula is C22H30BrN5Se. The molecule has 5 rings (SSSR count). The van der Waals surface area contributed by atoms with Crippen LogP contribution in [0.3, 0.4) is 0 Å². The van der Waals surface area contributed by atoms with Crippen molar-refractivity contribution in [3.63, 3.8) is 0 Å². The maximum absolute atomic E-state index is 3.68. The standard InChI is InChI=1S/C22H29N5Se.BrH/c1-24-7-11-26(12-8-24)17-3-5-19-21(15-17)28-22-16-18(4-6-20(22)23-19)27-13-9-25(2)10-14-27;/h3-6,15-16,23H,7-14H2,1-2H3;1H. The van der Waals surface area contributed by atoms with E-state index in [0.717, 1.165) is 52.4 Å². The maximum atomic E-state index is 3.68. The Morgan fingerprint density at radius 1 is 0.655 bits per heavy atom. The van der Waals surface area contributed by atoms with Gasteiger partial charge in [-0.05, 0) is 0 Å². The minimum absolute atomic E-state index is 0. The molecule has 3 aliphatic heterocycles. The topological polar surface area (TPSA) is 25.0 Å². The second-order valence-corrected chi connectivity index (χ2v) is 10.4. The average molecular weight is 523 g/mol. The number of hydrogen-bond donors (Lipinski definition) is 1. The molecular weight excluding hydrogens is 493 g/mol. The number of benzene rings is 2. The first kappa shape index (κ1) is 21.0. The molecule has 3 heterocycles. The molecule has 0 aromatic heterocycles. The van der Waals surface area contributed by atoms with Crippen LogP contribution in [0.2, 0.25) is 0 Å². The molecule has 0 radical (unpaired) electrons. The molecule has 0 spiro atoms. The van der Waals surface area contributed by atoms with Crippen molar-refractivity contribution in [3.05, 3.63) is 36.4 Å². The number of rotatable bonds is 2. The Morgan fingerprint density at radius 3 is 1.48 bits per heavy atom. The Bertz CT molecular complexity index is 791. The van der Waals surface area contributed by atoms with Crippen molar-refractivity contribution >= 4 is 63.6 Å². The quantitative estimate of drug-likeness (QED) is 0.514. The van der Waals surface area contributed by atoms with Gasteiger partial charge in [0, 0.05) is 0 Å². The van der Waals surface area contributed by atoms with E-state index in [1.165, 1.54) is 31.7 Å². The van der Waals surface area contributed by atoms with Gasteiger partial charge >= 0.3 is 174 Å². The van der Waals surface area contributed by atoms with E-state index < -0.39 is 0 Å². The van der Waals surface area contributed by atoms with E-state index in [4.69, 9.17) is 0 Å². The number of halogens is 1. The third-order valence-corrected chi connectivity index (χ3v) is 8.50. The first-order chi connectivity index (χ1) is 13.7. The van der Waals surface area contributed by atoms with Gasteiger partial charge in [-0.25, -0.2) is 0 Å². The Balaban J connectivity index is 0.00000205. The van der Waals surface area contributed by atoms with Crippen LogP contribution < -0.4 is 24.0 Å². The van der Waals surface area contributed by atoms with Gasteiger partial charge in [-0.15, -0.1) is 17.0 Å². The minimum atomic E-state index is 0. The molecule has 0 amide bonds. The number of nitrogens with zero attached hydrogens (tertiary/aromatic N) is 4. The summed E-state index contributed by atoms with van der Waals surface area (Å²) in [6, 6.07) is 14.0. The van der Waals surface area contributed by atoms with Crippen LogP contribution in [0.4, 0.5) is 22.7 Å². The van der Waals surface area contributed by atoms with Crippen molar-refractivity contribution in [2.24, 2.45) is 0 Å². The predicted octanol–water partition coefficient (Wildman–Crippen LogP) is 1.48. The van der Waals surface area contributed by atoms with Crippen LogP contribution in [0.5, 0.6) is 0 Å². The fourth-order valence-electron chi connectivity index (χ4n) is 4.18. The van der Waals surface area contributed by atoms with Crippen LogP contribution in [0, 0.1) is 0 Å². The van der Waals surface area contributed by atoms with Crippen LogP contribution in [-0.4, -0.2) is 91.2 Å². The summed E-state index contributed by atoms with van der Waals surface area (Å²) in [7, 11) is 4.43. The SMILES string of the molecule is Br.CN1CCN(c2ccc3c(c2)[Se]c2cc(N4CCN(C)CC4)ccc2N3)CC1. The van der Waals surface area contributed by atoms with Gasteiger partial charge in [0.25, 0.3) is 0 Å². The van der Waals surface area contributed by atoms with Crippen LogP contribution in [0.25, 0.3) is 0 Å². The Kier molecular flexibility index (Phi) is 6.42. The molecule has 0 unspecified atom stereocenters. The van der Waals surface area contributed by atoms with Crippen molar-refractivity contribution in [3.8, 4) is 0 Å². The Morgan fingerprint density at radius 2 is 1.07 bits per heavy atom. The van der Waals surface area contributed by atoms with E-state index in [1.54, 1.807) is 0 Å². The molecule has 0 bridgehead atoms. The zero-order valence-corrected chi connectivity index (χ0v) is 20.7. The van der Waals surface area contributed by atoms with Crippen LogP contribution >= 0.6 is 17.0 Å². The number of anilines is 4. The van der Waals surface area contributed by atoms with E-state index in [0.29, 0.717) is 15.0 Å². The second-order valence-electron chi connectivity index (χ2n) is 8.17. The molecule has 3 aliphatic rings. The van der Waals surface area contributed by atoms with Gasteiger partial charge < -0.3 is 0 Å². The normalized spacial score (nSPS) is 19.8. The van der Waals surface area contributed by atoms with Gasteiger partial charge in [0.1, 0.15) is 0 Å². The van der Waals surface area contributed by atoms with Crippen molar-refractivity contribution in [1.29, 1.82) is 0 Å². The van der Waals surface area contributed by atoms with E-state index >= 15 is 0 Å². The molecule has 2 fully saturated rings. The third-order valence-electron chi connectivity index (χ3n) is 6.16. The van der Waals surface area contributed by atoms with Gasteiger partial charge in [-0.1, -0.05) is 0 Å². The second kappa shape index (κ2) is 8.86. The summed E-state index contributed by atoms with van der Waals surface area (Å²) in [5.41, 5.74) is 5.35. The number of piperazine rings is 2. The summed E-state index contributed by atoms with van der Waals surface area (Å²) in [6.45, 7) is 9.10. The zero-order valence-electron chi connectivity index (χ0n) is 17.2. The van der Waals surface area contributed by atoms with Gasteiger partial charge in [-0.3, -0.25) is 0 Å². The summed E-state index contributed by atoms with van der Waals surface area (Å²) in [4.78, 5) is 9.89. The van der Waals surface area contributed by atoms with Crippen LogP contribution in [0.1, 0.15) is 0 Å². The average Bonchev–Trinajstić information content (AvgIpc) is 2.72. The molecule has 2 aromatic rings. The fraction of sp³-hybridized carbons (Fsp3) is 0.455. The van der Waals surface area contributed by atoms with E-state index in [-0.39, 0.29) is 17.0 Å². The molecule has 0 aliphatic carbocycles. The molecule has 29 heavy (non-hydrogen) atoms. The molecule has 0 saturated carbocycles. The molecule has 7 heteroatoms. The van der Waals surface area contributed by atoms with Crippen molar-refractivity contribution < 1.29 is 0 Å². The number of fused-ring (bicyclic) bond motifs is 2. The van der Waals surface area contributed by atoms with Crippen LogP contribution in [0.15, 0.2) is 36.4 Å². The van der Waals surface area contributed by atoms with Gasteiger partial charge in [0.05, 0.1) is 0 Å². The predicted molar refractivity (Wildman–Crippen MR) is 131 cm³/mol. The number of likely N-dealkylation sites (N-methyl/N-ethyl adjacent to an activating group) is 2. The Hall–Kier alpha value is -1.24. The summed E-state index contributed by atoms with van der Waals surface area (Å²) < 4.78 is 2.96. The number of nitrogens with one attached hydrogen (secondary N) is 1. The molecule has 0 atom stereocenters. The summed E-state index contributed by atoms with van der Waals surface area (Å²) in [6.07, 6.45) is 0. The molecule has 2 saturated heterocycles. The van der Waals surface area contributed by atoms with Gasteiger partial charge in [0.2, 0.25) is 0 Å². The van der Waals surface area contributed by atoms with E-state index in [2.05, 4.69) is 75.4 Å². The first-order valence-electron chi connectivity index (χ1n) is 10.3. The van der Waals surface area contributed by atoms with E-state index in [9.17, 15) is 0 Å². The van der Waals surface area contributed by atoms with Gasteiger partial charge in [-0.2, -0.15) is 0 Å². The summed E-state index contributed by atoms with van der Waals surface area (Å²) in [5, 5.41) is 3.68. The van der Waals surface area contributed by atoms with Crippen molar-refractivity contribution in [2.75, 3.05) is 81.6 Å². The fourth-order valence-corrected chi connectivity index (χ4v) is 6.40. The summed E-state index contributed by atoms with van der Waals surface area (Å²) >= 11 is 0.348. The van der Waals surface area contributed by atoms with Crippen molar-refractivity contribution in [2.45, 2.75) is 0 Å². The zero-order chi connectivity index (χ0) is 19.1. The monoisotopic (exact) mass is 523 g/mol. The van der Waals surface area contributed by atoms with Crippen LogP contribution in [-0.2, 0) is 0 Å². The third kappa shape index (κ3) is 4.44. The summed E-state index contributed by atoms with van der Waals surface area (Å²) in [5.74, 6) is 0. The first-order valence-corrected chi connectivity index (χ1v) is 12.0. The van der Waals surface area contributed by atoms with E-state index in [1.807, 2.05) is 0 Å². The molecule has 5 nitrogen and oxygen atoms in total. The number of hydrogen-bond acceptors (Lipinski definition) is 5. The van der Waals surface area contributed by atoms with Gasteiger partial charge in [0.15, 0.2) is 0 Å². The molecule has 2 aromatic carbocycles. The molecule has 156 valence electrons. The van der Waals surface area contributed by atoms with Crippen molar-refractivity contribution in [1.82, 2.24) is 9.80 Å².